The van der Waals surface area contributed by atoms with Crippen LogP contribution in [0.1, 0.15) is 121 Å². The van der Waals surface area contributed by atoms with E-state index in [1.54, 1.807) is 24.9 Å². The number of aromatic amines is 1. The number of allylic oxidation sites excluding steroid dienone is 1. The number of alkyl halides is 2. The van der Waals surface area contributed by atoms with Crippen molar-refractivity contribution in [1.29, 1.82) is 0 Å². The topological polar surface area (TPSA) is 218 Å². The molecule has 3 saturated heterocycles. The molecule has 0 radical (unpaired) electrons. The highest BCUT2D eigenvalue weighted by atomic mass is 35.5. The molecule has 0 amide bonds. The van der Waals surface area contributed by atoms with Gasteiger partial charge in [-0.1, -0.05) is 64.0 Å². The Bertz CT molecular complexity index is 2350. The molecule has 1 aromatic heterocycles. The lowest BCUT2D eigenvalue weighted by Gasteiger charge is -2.63. The van der Waals surface area contributed by atoms with E-state index in [0.717, 1.165) is 37.2 Å². The predicted molar refractivity (Wildman–Crippen MR) is 246 cm³/mol. The summed E-state index contributed by atoms with van der Waals surface area (Å²) < 4.78 is 48.4. The number of aliphatic hydroxyl groups excluding tert-OH is 4. The number of aliphatic hydroxyl groups is 4. The maximum atomic E-state index is 17.2. The molecular weight excluding hydrogens is 908 g/mol. The summed E-state index contributed by atoms with van der Waals surface area (Å²) in [6.45, 7) is 14.2. The molecule has 1 unspecified atom stereocenters. The lowest BCUT2D eigenvalue weighted by molar-refractivity contribution is -0.250. The SMILES string of the molecule is CC1(C)O[C@@H]2C[C@H]3[C@@H]4CCC5=CC(=O)CC[C@]5(C)[C@@]4(F)[C@@H](O)C[C@]3(C)[C@]2(C(=O)CCl)O1.CCc1ccc(C(=O)C(C)CN2CCCCC2)cc1.O=c1[nH]c(=O)n([C@@H]2O[C@H](CO)[C@@H](O)[C@H]2O)cc1F. The number of hydrogen-bond donors (Lipinski definition) is 5. The van der Waals surface area contributed by atoms with Crippen LogP contribution in [0.2, 0.25) is 0 Å². The number of carbonyl (C=O) groups excluding carboxylic acids is 3. The number of fused-ring (bicyclic) bond motifs is 7. The predicted octanol–water partition coefficient (Wildman–Crippen LogP) is 4.73. The molecular formula is C50H68ClF2N3O12. The van der Waals surface area contributed by atoms with Crippen LogP contribution >= 0.6 is 11.6 Å². The van der Waals surface area contributed by atoms with Gasteiger partial charge in [-0.05, 0) is 95.9 Å². The van der Waals surface area contributed by atoms with Crippen LogP contribution in [0.4, 0.5) is 8.78 Å². The third kappa shape index (κ3) is 9.06. The number of aryl methyl sites for hydroxylation is 1. The van der Waals surface area contributed by atoms with Crippen molar-refractivity contribution in [2.75, 3.05) is 32.1 Å². The summed E-state index contributed by atoms with van der Waals surface area (Å²) in [5, 5.41) is 39.4. The van der Waals surface area contributed by atoms with Crippen molar-refractivity contribution in [3.63, 3.8) is 0 Å². The Morgan fingerprint density at radius 2 is 1.66 bits per heavy atom. The Morgan fingerprint density at radius 3 is 2.28 bits per heavy atom. The zero-order valence-corrected chi connectivity index (χ0v) is 40.6. The molecule has 4 heterocycles. The maximum Gasteiger partial charge on any atom is 0.330 e. The monoisotopic (exact) mass is 975 g/mol. The van der Waals surface area contributed by atoms with E-state index < -0.39 is 94.2 Å². The largest absolute Gasteiger partial charge is 0.394 e. The van der Waals surface area contributed by atoms with Gasteiger partial charge in [-0.25, -0.2) is 9.18 Å². The lowest BCUT2D eigenvalue weighted by Crippen LogP contribution is -2.70. The Labute approximate surface area is 400 Å². The first-order valence-electron chi connectivity index (χ1n) is 24.1. The van der Waals surface area contributed by atoms with Crippen molar-refractivity contribution in [1.82, 2.24) is 14.5 Å². The highest BCUT2D eigenvalue weighted by molar-refractivity contribution is 6.29. The molecule has 3 aliphatic heterocycles. The highest BCUT2D eigenvalue weighted by Crippen LogP contribution is 2.72. The summed E-state index contributed by atoms with van der Waals surface area (Å²) >= 11 is 6.05. The van der Waals surface area contributed by atoms with Crippen molar-refractivity contribution < 1.29 is 57.8 Å². The molecule has 13 atom stereocenters. The number of rotatable bonds is 9. The Hall–Kier alpha value is -3.52. The number of aromatic nitrogens is 2. The van der Waals surface area contributed by atoms with Gasteiger partial charge in [-0.3, -0.25) is 28.7 Å². The first-order valence-corrected chi connectivity index (χ1v) is 24.6. The second kappa shape index (κ2) is 19.9. The number of ether oxygens (including phenoxy) is 3. The zero-order chi connectivity index (χ0) is 49.7. The van der Waals surface area contributed by atoms with E-state index in [-0.39, 0.29) is 41.5 Å². The number of piperidine rings is 1. The van der Waals surface area contributed by atoms with Crippen LogP contribution in [0.15, 0.2) is 51.7 Å². The van der Waals surface area contributed by atoms with Crippen LogP contribution in [0.5, 0.6) is 0 Å². The third-order valence-electron chi connectivity index (χ3n) is 16.4. The number of nitrogens with one attached hydrogen (secondary N) is 1. The average molecular weight is 977 g/mol. The van der Waals surface area contributed by atoms with Crippen LogP contribution < -0.4 is 11.2 Å². The van der Waals surface area contributed by atoms with Crippen LogP contribution in [0.25, 0.3) is 0 Å². The molecule has 7 aliphatic rings. The quantitative estimate of drug-likeness (QED) is 0.170. The Kier molecular flexibility index (Phi) is 15.3. The fourth-order valence-electron chi connectivity index (χ4n) is 12.8. The number of nitrogens with zero attached hydrogens (tertiary/aromatic N) is 2. The number of halogens is 3. The molecule has 3 saturated carbocycles. The smallest absolute Gasteiger partial charge is 0.330 e. The number of H-pyrrole nitrogens is 1. The fourth-order valence-corrected chi connectivity index (χ4v) is 13.0. The highest BCUT2D eigenvalue weighted by Gasteiger charge is 2.80. The van der Waals surface area contributed by atoms with Crippen LogP contribution in [0.3, 0.4) is 0 Å². The number of likely N-dealkylation sites (tertiary alicyclic amines) is 1. The summed E-state index contributed by atoms with van der Waals surface area (Å²) in [7, 11) is 0. The lowest BCUT2D eigenvalue weighted by atomic mass is 9.44. The molecule has 376 valence electrons. The van der Waals surface area contributed by atoms with Crippen molar-refractivity contribution in [3.05, 3.63) is 79.9 Å². The van der Waals surface area contributed by atoms with Gasteiger partial charge >= 0.3 is 5.69 Å². The molecule has 15 nitrogen and oxygen atoms in total. The van der Waals surface area contributed by atoms with E-state index in [0.29, 0.717) is 42.9 Å². The van der Waals surface area contributed by atoms with Gasteiger partial charge < -0.3 is 39.5 Å². The molecule has 0 bridgehead atoms. The fraction of sp³-hybridized carbons (Fsp3) is 0.700. The molecule has 2 aromatic rings. The van der Waals surface area contributed by atoms with Crippen molar-refractivity contribution in [3.8, 4) is 0 Å². The second-order valence-electron chi connectivity index (χ2n) is 20.8. The third-order valence-corrected chi connectivity index (χ3v) is 16.6. The van der Waals surface area contributed by atoms with Gasteiger partial charge in [-0.2, -0.15) is 4.39 Å². The zero-order valence-electron chi connectivity index (χ0n) is 39.9. The molecule has 1 aromatic carbocycles. The van der Waals surface area contributed by atoms with E-state index >= 15 is 4.39 Å². The Morgan fingerprint density at radius 1 is 0.985 bits per heavy atom. The molecule has 4 aliphatic carbocycles. The average Bonchev–Trinajstić information content (AvgIpc) is 3.85. The van der Waals surface area contributed by atoms with E-state index in [2.05, 4.69) is 30.9 Å². The van der Waals surface area contributed by atoms with Gasteiger partial charge in [0.25, 0.3) is 5.56 Å². The minimum atomic E-state index is -1.86. The summed E-state index contributed by atoms with van der Waals surface area (Å²) in [5.74, 6) is -2.86. The standard InChI is InChI=1S/C24H32ClFO5.C17H25NO.C9H11FN2O6/c1-20(2)30-19-10-16-15-6-5-13-9-14(27)7-8-21(13,3)23(15,26)17(28)11-22(16,4)24(19,31-20)18(29)12-25;1-3-15-7-9-16(10-8-15)17(19)14(2)13-18-11-5-4-6-12-18;10-3-1-12(9(17)11-7(3)16)8-6(15)5(14)4(2-13)18-8/h9,15-17,19,28H,5-8,10-12H2,1-4H3;7-10,14H,3-6,11-13H2,1-2H3;1,4-6,8,13-15H,2H2,(H,11,16,17)/t15-,16-,17-,19+,21-,22-,23-,24+;;4-,5-,6-,8-/m0.1/s1. The van der Waals surface area contributed by atoms with Gasteiger partial charge in [0, 0.05) is 41.2 Å². The molecule has 9 rings (SSSR count). The van der Waals surface area contributed by atoms with Crippen LogP contribution in [-0.4, -0.2) is 132 Å². The van der Waals surface area contributed by atoms with E-state index in [9.17, 15) is 43.7 Å². The summed E-state index contributed by atoms with van der Waals surface area (Å²) in [5.41, 5.74) is -4.03. The van der Waals surface area contributed by atoms with E-state index in [1.165, 1.54) is 24.8 Å². The summed E-state index contributed by atoms with van der Waals surface area (Å²) in [4.78, 5) is 64.1. The van der Waals surface area contributed by atoms with Gasteiger partial charge in [0.05, 0.1) is 30.9 Å². The Balaban J connectivity index is 0.000000160. The minimum Gasteiger partial charge on any atom is -0.394 e. The molecule has 0 spiro atoms. The molecule has 5 N–H and O–H groups in total. The van der Waals surface area contributed by atoms with Gasteiger partial charge in [0.2, 0.25) is 5.82 Å². The normalized spacial score (nSPS) is 37.5. The number of carbonyl (C=O) groups is 3. The number of benzene rings is 1. The second-order valence-corrected chi connectivity index (χ2v) is 21.1. The molecule has 18 heteroatoms. The first kappa shape index (κ1) is 52.3. The van der Waals surface area contributed by atoms with Gasteiger partial charge in [0.1, 0.15) is 24.0 Å². The summed E-state index contributed by atoms with van der Waals surface area (Å²) in [6, 6.07) is 8.10. The van der Waals surface area contributed by atoms with Gasteiger partial charge in [0.15, 0.2) is 35.0 Å². The number of hydrogen-bond acceptors (Lipinski definition) is 13. The van der Waals surface area contributed by atoms with E-state index in [1.807, 2.05) is 26.0 Å². The van der Waals surface area contributed by atoms with Crippen LogP contribution in [-0.2, 0) is 30.2 Å². The van der Waals surface area contributed by atoms with E-state index in [4.69, 9.17) is 30.9 Å². The number of Topliss-reactive ketones (excluding diaryl/α,β-unsaturated/α-hetero) is 2. The van der Waals surface area contributed by atoms with Crippen LogP contribution in [0, 0.1) is 34.4 Å². The van der Waals surface area contributed by atoms with Gasteiger partial charge in [-0.15, -0.1) is 11.6 Å². The molecule has 6 fully saturated rings. The van der Waals surface area contributed by atoms with Crippen molar-refractivity contribution in [2.24, 2.45) is 28.6 Å². The summed E-state index contributed by atoms with van der Waals surface area (Å²) in [6.07, 6.45) is 2.38. The maximum absolute atomic E-state index is 17.2. The minimum absolute atomic E-state index is 0.0377. The van der Waals surface area contributed by atoms with Crippen molar-refractivity contribution in [2.45, 2.75) is 160 Å². The number of ketones is 3. The molecule has 68 heavy (non-hydrogen) atoms. The van der Waals surface area contributed by atoms with Crippen molar-refractivity contribution >= 4 is 29.0 Å². The first-order chi connectivity index (χ1) is 32.0.